The Kier molecular flexibility index (Phi) is 4.41. The van der Waals surface area contributed by atoms with Crippen LogP contribution in [0.3, 0.4) is 0 Å². The smallest absolute Gasteiger partial charge is 0.250 e. The van der Waals surface area contributed by atoms with Crippen LogP contribution in [-0.2, 0) is 14.3 Å². The van der Waals surface area contributed by atoms with Gasteiger partial charge in [-0.15, -0.1) is 0 Å². The van der Waals surface area contributed by atoms with E-state index >= 15 is 0 Å². The SMILES string of the molecule is CC(=O)N[C@@H]1[C@@H](O)[C@H](O)[C@@H](CO)OC1(O)C(C)=O. The van der Waals surface area contributed by atoms with Crippen LogP contribution in [0.5, 0.6) is 0 Å². The molecule has 1 aliphatic heterocycles. The summed E-state index contributed by atoms with van der Waals surface area (Å²) in [5.41, 5.74) is 0. The van der Waals surface area contributed by atoms with Crippen LogP contribution < -0.4 is 5.32 Å². The van der Waals surface area contributed by atoms with Gasteiger partial charge in [0.05, 0.1) is 6.61 Å². The Morgan fingerprint density at radius 3 is 2.22 bits per heavy atom. The van der Waals surface area contributed by atoms with Crippen molar-refractivity contribution in [1.82, 2.24) is 5.32 Å². The molecular weight excluding hydrogens is 246 g/mol. The zero-order valence-electron chi connectivity index (χ0n) is 10.0. The zero-order valence-corrected chi connectivity index (χ0v) is 10.0. The largest absolute Gasteiger partial charge is 0.394 e. The number of ketones is 1. The lowest BCUT2D eigenvalue weighted by molar-refractivity contribution is -0.300. The minimum absolute atomic E-state index is 0.614. The number of amides is 1. The summed E-state index contributed by atoms with van der Waals surface area (Å²) in [4.78, 5) is 22.4. The van der Waals surface area contributed by atoms with Crippen molar-refractivity contribution >= 4 is 11.7 Å². The van der Waals surface area contributed by atoms with Crippen LogP contribution in [0.15, 0.2) is 0 Å². The topological polar surface area (TPSA) is 136 Å². The molecule has 5 N–H and O–H groups in total. The Hall–Kier alpha value is -1.06. The van der Waals surface area contributed by atoms with E-state index < -0.39 is 48.4 Å². The molecule has 18 heavy (non-hydrogen) atoms. The lowest BCUT2D eigenvalue weighted by atomic mass is 9.88. The number of carbonyl (C=O) groups excluding carboxylic acids is 2. The van der Waals surface area contributed by atoms with Gasteiger partial charge in [0.15, 0.2) is 5.78 Å². The maximum Gasteiger partial charge on any atom is 0.250 e. The highest BCUT2D eigenvalue weighted by Gasteiger charge is 2.56. The molecule has 1 heterocycles. The average molecular weight is 263 g/mol. The number of Topliss-reactive ketones (excluding diaryl/α,β-unsaturated/α-hetero) is 1. The van der Waals surface area contributed by atoms with Gasteiger partial charge in [0.25, 0.3) is 0 Å². The summed E-state index contributed by atoms with van der Waals surface area (Å²) in [5, 5.41) is 40.6. The average Bonchev–Trinajstić information content (AvgIpc) is 2.29. The van der Waals surface area contributed by atoms with Crippen molar-refractivity contribution in [2.45, 2.75) is 44.0 Å². The van der Waals surface area contributed by atoms with Crippen LogP contribution in [0.4, 0.5) is 0 Å². The van der Waals surface area contributed by atoms with Crippen molar-refractivity contribution in [2.24, 2.45) is 0 Å². The Labute approximate surface area is 103 Å². The molecule has 0 radical (unpaired) electrons. The predicted octanol–water partition coefficient (Wildman–Crippen LogP) is -3.12. The fourth-order valence-electron chi connectivity index (χ4n) is 1.87. The van der Waals surface area contributed by atoms with E-state index in [1.807, 2.05) is 0 Å². The van der Waals surface area contributed by atoms with Gasteiger partial charge >= 0.3 is 0 Å². The molecular formula is C10H17NO7. The number of nitrogens with one attached hydrogen (secondary N) is 1. The minimum Gasteiger partial charge on any atom is -0.394 e. The van der Waals surface area contributed by atoms with E-state index in [9.17, 15) is 24.9 Å². The van der Waals surface area contributed by atoms with E-state index in [2.05, 4.69) is 5.32 Å². The number of aliphatic hydroxyl groups is 4. The van der Waals surface area contributed by atoms with Gasteiger partial charge in [-0.1, -0.05) is 0 Å². The molecule has 104 valence electrons. The number of ether oxygens (including phenoxy) is 1. The zero-order chi connectivity index (χ0) is 14.1. The normalized spacial score (nSPS) is 40.3. The van der Waals surface area contributed by atoms with E-state index in [0.29, 0.717) is 0 Å². The number of hydrogen-bond acceptors (Lipinski definition) is 7. The van der Waals surface area contributed by atoms with E-state index in [0.717, 1.165) is 13.8 Å². The van der Waals surface area contributed by atoms with Crippen LogP contribution in [-0.4, -0.2) is 68.9 Å². The van der Waals surface area contributed by atoms with Gasteiger partial charge in [-0.2, -0.15) is 0 Å². The molecule has 0 saturated carbocycles. The molecule has 1 aliphatic rings. The fourth-order valence-corrected chi connectivity index (χ4v) is 1.87. The van der Waals surface area contributed by atoms with Gasteiger partial charge < -0.3 is 30.5 Å². The first-order valence-corrected chi connectivity index (χ1v) is 5.39. The molecule has 1 unspecified atom stereocenters. The van der Waals surface area contributed by atoms with Crippen LogP contribution >= 0.6 is 0 Å². The molecule has 8 nitrogen and oxygen atoms in total. The third kappa shape index (κ3) is 2.52. The monoisotopic (exact) mass is 263 g/mol. The maximum absolute atomic E-state index is 11.4. The van der Waals surface area contributed by atoms with Crippen LogP contribution in [0.1, 0.15) is 13.8 Å². The summed E-state index contributed by atoms with van der Waals surface area (Å²) in [6.07, 6.45) is -4.50. The van der Waals surface area contributed by atoms with Gasteiger partial charge in [0.2, 0.25) is 11.7 Å². The predicted molar refractivity (Wildman–Crippen MR) is 57.2 cm³/mol. The molecule has 1 rings (SSSR count). The van der Waals surface area contributed by atoms with Gasteiger partial charge in [-0.3, -0.25) is 9.59 Å². The first kappa shape index (κ1) is 15.0. The molecule has 0 spiro atoms. The molecule has 1 saturated heterocycles. The molecule has 0 aromatic rings. The summed E-state index contributed by atoms with van der Waals surface area (Å²) < 4.78 is 4.91. The van der Waals surface area contributed by atoms with E-state index in [-0.39, 0.29) is 0 Å². The maximum atomic E-state index is 11.4. The lowest BCUT2D eigenvalue weighted by Crippen LogP contribution is -2.72. The Morgan fingerprint density at radius 2 is 1.83 bits per heavy atom. The van der Waals surface area contributed by atoms with Gasteiger partial charge in [-0.05, 0) is 0 Å². The summed E-state index contributed by atoms with van der Waals surface area (Å²) in [7, 11) is 0. The minimum atomic E-state index is -2.49. The van der Waals surface area contributed by atoms with Gasteiger partial charge in [0, 0.05) is 13.8 Å². The third-order valence-electron chi connectivity index (χ3n) is 2.87. The second-order valence-corrected chi connectivity index (χ2v) is 4.25. The molecule has 0 bridgehead atoms. The highest BCUT2D eigenvalue weighted by molar-refractivity contribution is 5.85. The summed E-state index contributed by atoms with van der Waals surface area (Å²) >= 11 is 0. The second kappa shape index (κ2) is 5.29. The van der Waals surface area contributed by atoms with Crippen LogP contribution in [0, 0.1) is 0 Å². The van der Waals surface area contributed by atoms with Crippen molar-refractivity contribution < 1.29 is 34.8 Å². The molecule has 8 heteroatoms. The van der Waals surface area contributed by atoms with Crippen LogP contribution in [0.25, 0.3) is 0 Å². The summed E-state index contributed by atoms with van der Waals surface area (Å²) in [5.74, 6) is -3.96. The van der Waals surface area contributed by atoms with Gasteiger partial charge in [0.1, 0.15) is 24.4 Å². The van der Waals surface area contributed by atoms with E-state index in [1.165, 1.54) is 0 Å². The van der Waals surface area contributed by atoms with Crippen molar-refractivity contribution in [3.05, 3.63) is 0 Å². The Morgan fingerprint density at radius 1 is 1.28 bits per heavy atom. The molecule has 1 amide bonds. The molecule has 0 aromatic heterocycles. The molecule has 0 aliphatic carbocycles. The second-order valence-electron chi connectivity index (χ2n) is 4.25. The van der Waals surface area contributed by atoms with Crippen molar-refractivity contribution in [2.75, 3.05) is 6.61 Å². The Bertz CT molecular complexity index is 347. The highest BCUT2D eigenvalue weighted by atomic mass is 16.7. The van der Waals surface area contributed by atoms with Crippen LogP contribution in [0.2, 0.25) is 0 Å². The first-order valence-electron chi connectivity index (χ1n) is 5.39. The standard InChI is InChI=1S/C10H17NO7/c1-4(13)10(17)9(11-5(2)14)8(16)7(15)6(3-12)18-10/h6-9,12,15-17H,3H2,1-2H3,(H,11,14)/t6-,7-,8+,9-,10?/m1/s1. The highest BCUT2D eigenvalue weighted by Crippen LogP contribution is 2.28. The van der Waals surface area contributed by atoms with Gasteiger partial charge in [-0.25, -0.2) is 0 Å². The number of carbonyl (C=O) groups is 2. The van der Waals surface area contributed by atoms with E-state index in [1.54, 1.807) is 0 Å². The number of hydrogen-bond donors (Lipinski definition) is 5. The number of rotatable bonds is 3. The summed E-state index contributed by atoms with van der Waals surface area (Å²) in [6, 6.07) is -1.51. The van der Waals surface area contributed by atoms with Crippen molar-refractivity contribution in [3.63, 3.8) is 0 Å². The molecule has 0 aromatic carbocycles. The lowest BCUT2D eigenvalue weighted by Gasteiger charge is -2.46. The van der Waals surface area contributed by atoms with Crippen molar-refractivity contribution in [3.8, 4) is 0 Å². The Balaban J connectivity index is 3.09. The molecule has 5 atom stereocenters. The van der Waals surface area contributed by atoms with E-state index in [4.69, 9.17) is 9.84 Å². The summed E-state index contributed by atoms with van der Waals surface area (Å²) in [6.45, 7) is 1.44. The van der Waals surface area contributed by atoms with Crippen molar-refractivity contribution in [1.29, 1.82) is 0 Å². The third-order valence-corrected chi connectivity index (χ3v) is 2.87. The fraction of sp³-hybridized carbons (Fsp3) is 0.800. The first-order chi connectivity index (χ1) is 8.24. The molecule has 1 fully saturated rings. The number of aliphatic hydroxyl groups excluding tert-OH is 3. The quantitative estimate of drug-likeness (QED) is 0.363.